The number of nitrogens with zero attached hydrogens (tertiary/aromatic N) is 5. The van der Waals surface area contributed by atoms with Crippen molar-refractivity contribution < 1.29 is 4.92 Å². The molecular weight excluding hydrogens is 318 g/mol. The summed E-state index contributed by atoms with van der Waals surface area (Å²) in [6, 6.07) is 14.8. The molecule has 0 atom stereocenters. The van der Waals surface area contributed by atoms with Gasteiger partial charge in [-0.2, -0.15) is 0 Å². The number of non-ortho nitro benzene ring substituents is 1. The Labute approximate surface area is 144 Å². The van der Waals surface area contributed by atoms with E-state index < -0.39 is 0 Å². The Kier molecular flexibility index (Phi) is 3.89. The van der Waals surface area contributed by atoms with Gasteiger partial charge in [-0.05, 0) is 24.3 Å². The highest BCUT2D eigenvalue weighted by Gasteiger charge is 2.20. The van der Waals surface area contributed by atoms with Crippen LogP contribution in [0.25, 0.3) is 10.9 Å². The molecule has 0 aliphatic carbocycles. The molecular formula is C18H17N5O2. The number of hydrogen-bond donors (Lipinski definition) is 0. The first-order chi connectivity index (χ1) is 12.2. The Morgan fingerprint density at radius 1 is 0.880 bits per heavy atom. The molecule has 0 N–H and O–H groups in total. The molecule has 1 aliphatic rings. The highest BCUT2D eigenvalue weighted by atomic mass is 16.6. The van der Waals surface area contributed by atoms with Crippen LogP contribution in [0.1, 0.15) is 0 Å². The molecule has 2 heterocycles. The zero-order valence-corrected chi connectivity index (χ0v) is 13.6. The van der Waals surface area contributed by atoms with E-state index in [0.29, 0.717) is 0 Å². The maximum Gasteiger partial charge on any atom is 0.269 e. The van der Waals surface area contributed by atoms with Crippen LogP contribution in [0.3, 0.4) is 0 Å². The van der Waals surface area contributed by atoms with E-state index in [0.717, 1.165) is 48.6 Å². The molecule has 1 aliphatic heterocycles. The first kappa shape index (κ1) is 15.3. The molecule has 4 rings (SSSR count). The summed E-state index contributed by atoms with van der Waals surface area (Å²) >= 11 is 0. The van der Waals surface area contributed by atoms with E-state index in [2.05, 4.69) is 19.8 Å². The number of benzene rings is 2. The van der Waals surface area contributed by atoms with Crippen molar-refractivity contribution in [1.82, 2.24) is 9.97 Å². The maximum atomic E-state index is 10.8. The van der Waals surface area contributed by atoms with Crippen LogP contribution in [0.2, 0.25) is 0 Å². The third-order valence-electron chi connectivity index (χ3n) is 4.53. The van der Waals surface area contributed by atoms with Crippen LogP contribution in [-0.2, 0) is 0 Å². The lowest BCUT2D eigenvalue weighted by atomic mass is 10.2. The summed E-state index contributed by atoms with van der Waals surface area (Å²) < 4.78 is 0. The van der Waals surface area contributed by atoms with Crippen LogP contribution in [-0.4, -0.2) is 41.1 Å². The molecule has 0 saturated carbocycles. The molecule has 1 fully saturated rings. The fourth-order valence-corrected chi connectivity index (χ4v) is 3.20. The van der Waals surface area contributed by atoms with Gasteiger partial charge in [0.25, 0.3) is 5.69 Å². The topological polar surface area (TPSA) is 75.4 Å². The van der Waals surface area contributed by atoms with Crippen molar-refractivity contribution in [2.75, 3.05) is 36.0 Å². The van der Waals surface area contributed by atoms with Crippen molar-refractivity contribution >= 4 is 28.1 Å². The SMILES string of the molecule is O=[N+]([O-])c1ccc(N2CCN(c3ncnc4ccccc34)CC2)cc1. The van der Waals surface area contributed by atoms with Crippen molar-refractivity contribution in [1.29, 1.82) is 0 Å². The second-order valence-corrected chi connectivity index (χ2v) is 5.96. The number of hydrogen-bond acceptors (Lipinski definition) is 6. The predicted octanol–water partition coefficient (Wildman–Crippen LogP) is 2.86. The van der Waals surface area contributed by atoms with E-state index in [4.69, 9.17) is 0 Å². The first-order valence-corrected chi connectivity index (χ1v) is 8.16. The summed E-state index contributed by atoms with van der Waals surface area (Å²) in [7, 11) is 0. The number of aromatic nitrogens is 2. The predicted molar refractivity (Wildman–Crippen MR) is 97.1 cm³/mol. The van der Waals surface area contributed by atoms with Gasteiger partial charge in [-0.25, -0.2) is 9.97 Å². The number of piperazine rings is 1. The highest BCUT2D eigenvalue weighted by Crippen LogP contribution is 2.25. The van der Waals surface area contributed by atoms with Gasteiger partial charge in [-0.1, -0.05) is 12.1 Å². The Morgan fingerprint density at radius 3 is 2.28 bits per heavy atom. The first-order valence-electron chi connectivity index (χ1n) is 8.16. The summed E-state index contributed by atoms with van der Waals surface area (Å²) in [5.41, 5.74) is 2.08. The van der Waals surface area contributed by atoms with E-state index in [1.165, 1.54) is 0 Å². The van der Waals surface area contributed by atoms with Gasteiger partial charge in [0.05, 0.1) is 10.4 Å². The molecule has 0 unspecified atom stereocenters. The van der Waals surface area contributed by atoms with E-state index in [1.54, 1.807) is 18.5 Å². The molecule has 7 nitrogen and oxygen atoms in total. The van der Waals surface area contributed by atoms with E-state index in [9.17, 15) is 10.1 Å². The Balaban J connectivity index is 1.50. The summed E-state index contributed by atoms with van der Waals surface area (Å²) in [6.07, 6.45) is 1.61. The van der Waals surface area contributed by atoms with Gasteiger partial charge in [0.2, 0.25) is 0 Å². The van der Waals surface area contributed by atoms with Gasteiger partial charge in [0, 0.05) is 49.4 Å². The van der Waals surface area contributed by atoms with Crippen molar-refractivity contribution in [2.24, 2.45) is 0 Å². The van der Waals surface area contributed by atoms with Crippen LogP contribution >= 0.6 is 0 Å². The van der Waals surface area contributed by atoms with Gasteiger partial charge in [0.15, 0.2) is 0 Å². The van der Waals surface area contributed by atoms with Crippen molar-refractivity contribution in [3.63, 3.8) is 0 Å². The normalized spacial score (nSPS) is 14.7. The number of rotatable bonds is 3. The fourth-order valence-electron chi connectivity index (χ4n) is 3.20. The lowest BCUT2D eigenvalue weighted by Gasteiger charge is -2.37. The van der Waals surface area contributed by atoms with Crippen LogP contribution in [0.4, 0.5) is 17.2 Å². The van der Waals surface area contributed by atoms with E-state index >= 15 is 0 Å². The average Bonchev–Trinajstić information content (AvgIpc) is 2.68. The molecule has 3 aromatic rings. The minimum Gasteiger partial charge on any atom is -0.368 e. The quantitative estimate of drug-likeness (QED) is 0.541. The average molecular weight is 335 g/mol. The van der Waals surface area contributed by atoms with E-state index in [-0.39, 0.29) is 10.6 Å². The summed E-state index contributed by atoms with van der Waals surface area (Å²) in [5, 5.41) is 11.8. The third-order valence-corrected chi connectivity index (χ3v) is 4.53. The van der Waals surface area contributed by atoms with Crippen LogP contribution < -0.4 is 9.80 Å². The van der Waals surface area contributed by atoms with Gasteiger partial charge < -0.3 is 9.80 Å². The second kappa shape index (κ2) is 6.35. The minimum absolute atomic E-state index is 0.120. The highest BCUT2D eigenvalue weighted by molar-refractivity contribution is 5.89. The third kappa shape index (κ3) is 2.96. The van der Waals surface area contributed by atoms with Gasteiger partial charge in [-0.3, -0.25) is 10.1 Å². The number of para-hydroxylation sites is 1. The Bertz CT molecular complexity index is 899. The zero-order chi connectivity index (χ0) is 17.2. The maximum absolute atomic E-state index is 10.8. The monoisotopic (exact) mass is 335 g/mol. The fraction of sp³-hybridized carbons (Fsp3) is 0.222. The summed E-state index contributed by atoms with van der Waals surface area (Å²) in [4.78, 5) is 23.7. The van der Waals surface area contributed by atoms with Crippen molar-refractivity contribution in [3.05, 3.63) is 65.0 Å². The molecule has 0 spiro atoms. The van der Waals surface area contributed by atoms with Crippen LogP contribution in [0, 0.1) is 10.1 Å². The largest absolute Gasteiger partial charge is 0.368 e. The number of nitro benzene ring substituents is 1. The standard InChI is InChI=1S/C18H17N5O2/c24-23(25)15-7-5-14(6-8-15)21-9-11-22(12-10-21)18-16-3-1-2-4-17(16)19-13-20-18/h1-8,13H,9-12H2. The molecule has 1 saturated heterocycles. The van der Waals surface area contributed by atoms with Gasteiger partial charge in [0.1, 0.15) is 12.1 Å². The number of nitro groups is 1. The number of fused-ring (bicyclic) bond motifs is 1. The van der Waals surface area contributed by atoms with E-state index in [1.807, 2.05) is 36.4 Å². The Hall–Kier alpha value is -3.22. The van der Waals surface area contributed by atoms with Gasteiger partial charge >= 0.3 is 0 Å². The molecule has 0 bridgehead atoms. The molecule has 126 valence electrons. The van der Waals surface area contributed by atoms with Gasteiger partial charge in [-0.15, -0.1) is 0 Å². The van der Waals surface area contributed by atoms with Crippen molar-refractivity contribution in [2.45, 2.75) is 0 Å². The molecule has 2 aromatic carbocycles. The van der Waals surface area contributed by atoms with Crippen LogP contribution in [0.15, 0.2) is 54.9 Å². The summed E-state index contributed by atoms with van der Waals surface area (Å²) in [6.45, 7) is 3.38. The molecule has 0 amide bonds. The Morgan fingerprint density at radius 2 is 1.56 bits per heavy atom. The van der Waals surface area contributed by atoms with Crippen LogP contribution in [0.5, 0.6) is 0 Å². The molecule has 0 radical (unpaired) electrons. The van der Waals surface area contributed by atoms with Crippen molar-refractivity contribution in [3.8, 4) is 0 Å². The minimum atomic E-state index is -0.373. The molecule has 25 heavy (non-hydrogen) atoms. The molecule has 1 aromatic heterocycles. The zero-order valence-electron chi connectivity index (χ0n) is 13.6. The second-order valence-electron chi connectivity index (χ2n) is 5.96. The summed E-state index contributed by atoms with van der Waals surface area (Å²) in [5.74, 6) is 0.967. The molecule has 7 heteroatoms. The smallest absolute Gasteiger partial charge is 0.269 e. The lowest BCUT2D eigenvalue weighted by Crippen LogP contribution is -2.46. The lowest BCUT2D eigenvalue weighted by molar-refractivity contribution is -0.384. The number of anilines is 2.